The average Bonchev–Trinajstić information content (AvgIpc) is 2.01. The van der Waals surface area contributed by atoms with E-state index in [1.54, 1.807) is 0 Å². The van der Waals surface area contributed by atoms with Gasteiger partial charge in [0.05, 0.1) is 44.6 Å². The van der Waals surface area contributed by atoms with E-state index in [4.69, 9.17) is 15.0 Å². The van der Waals surface area contributed by atoms with E-state index in [2.05, 4.69) is 272 Å². The zero-order valence-electron chi connectivity index (χ0n) is 43.8. The Bertz CT molecular complexity index is 4720. The molecule has 1 aliphatic heterocycles. The van der Waals surface area contributed by atoms with Crippen LogP contribution >= 0.6 is 0 Å². The molecule has 18 rings (SSSR count). The molecular weight excluding hydrogens is 981 g/mol. The van der Waals surface area contributed by atoms with Crippen LogP contribution in [0.2, 0.25) is 0 Å². The number of rotatable bonds is 4. The van der Waals surface area contributed by atoms with Gasteiger partial charge in [0.1, 0.15) is 0 Å². The second-order valence-electron chi connectivity index (χ2n) is 22.1. The van der Waals surface area contributed by atoms with Crippen molar-refractivity contribution in [2.75, 3.05) is 5.32 Å². The second-order valence-corrected chi connectivity index (χ2v) is 22.1. The van der Waals surface area contributed by atoms with Crippen molar-refractivity contribution in [2.24, 2.45) is 0 Å². The summed E-state index contributed by atoms with van der Waals surface area (Å²) in [6.07, 6.45) is 8.95. The molecule has 374 valence electrons. The molecule has 3 aliphatic carbocycles. The number of anilines is 1. The first-order valence-electron chi connectivity index (χ1n) is 28.0. The Morgan fingerprint density at radius 3 is 1.04 bits per heavy atom. The number of para-hydroxylation sites is 7. The molecule has 4 heterocycles. The van der Waals surface area contributed by atoms with Crippen LogP contribution in [0.4, 0.5) is 5.69 Å². The van der Waals surface area contributed by atoms with E-state index in [1.165, 1.54) is 83.5 Å². The molecule has 0 bridgehead atoms. The fraction of sp³-hybridized carbons (Fsp3) is 0.0260. The molecule has 0 saturated heterocycles. The zero-order valence-corrected chi connectivity index (χ0v) is 43.8. The highest BCUT2D eigenvalue weighted by atomic mass is 14.9. The Balaban J connectivity index is 1.00. The summed E-state index contributed by atoms with van der Waals surface area (Å²) in [7, 11) is 0. The van der Waals surface area contributed by atoms with Crippen LogP contribution in [-0.4, -0.2) is 21.0 Å². The molecule has 3 aromatic heterocycles. The van der Waals surface area contributed by atoms with E-state index in [0.717, 1.165) is 87.8 Å². The van der Waals surface area contributed by atoms with Gasteiger partial charge in [0, 0.05) is 60.3 Å². The van der Waals surface area contributed by atoms with Gasteiger partial charge >= 0.3 is 0 Å². The molecule has 1 N–H and O–H groups in total. The summed E-state index contributed by atoms with van der Waals surface area (Å²) in [4.78, 5) is 15.7. The SMILES string of the molecule is C1=CC2=C(c3ccc4c(c3)C3(c5cc(-c6c7ccccc7nc7ccccc67)ccc5-4)c4cc(-c5c6ccccc6nc6ccccc56)ccc4-c4ccc(-c5c6ccccc6nc6ccccc56)cc43)c3ccccc3NC2C=C1. The Labute approximate surface area is 467 Å². The molecule has 1 atom stereocenters. The third-order valence-electron chi connectivity index (χ3n) is 18.0. The van der Waals surface area contributed by atoms with E-state index in [-0.39, 0.29) is 6.04 Å². The van der Waals surface area contributed by atoms with Crippen LogP contribution in [0.1, 0.15) is 33.4 Å². The topological polar surface area (TPSA) is 50.7 Å². The normalized spacial score (nSPS) is 15.1. The quantitative estimate of drug-likeness (QED) is 0.179. The van der Waals surface area contributed by atoms with Crippen molar-refractivity contribution in [3.8, 4) is 55.6 Å². The molecule has 0 fully saturated rings. The number of pyridine rings is 3. The summed E-state index contributed by atoms with van der Waals surface area (Å²) in [6.45, 7) is 0. The van der Waals surface area contributed by atoms with Gasteiger partial charge in [-0.3, -0.25) is 0 Å². The lowest BCUT2D eigenvalue weighted by Gasteiger charge is -2.33. The molecule has 0 amide bonds. The molecule has 0 radical (unpaired) electrons. The minimum atomic E-state index is -0.803. The van der Waals surface area contributed by atoms with Crippen LogP contribution in [0, 0.1) is 0 Å². The predicted molar refractivity (Wildman–Crippen MR) is 336 cm³/mol. The maximum atomic E-state index is 5.23. The molecular formula is C77H46N4. The van der Waals surface area contributed by atoms with Gasteiger partial charge in [0.2, 0.25) is 0 Å². The van der Waals surface area contributed by atoms with Gasteiger partial charge in [-0.05, 0) is 145 Å². The van der Waals surface area contributed by atoms with Gasteiger partial charge in [0.25, 0.3) is 0 Å². The van der Waals surface area contributed by atoms with Crippen LogP contribution in [0.5, 0.6) is 0 Å². The van der Waals surface area contributed by atoms with Crippen molar-refractivity contribution < 1.29 is 0 Å². The van der Waals surface area contributed by atoms with Crippen LogP contribution in [-0.2, 0) is 5.41 Å². The number of hydrogen-bond acceptors (Lipinski definition) is 4. The molecule has 0 saturated carbocycles. The number of nitrogens with one attached hydrogen (secondary N) is 1. The maximum Gasteiger partial charge on any atom is 0.0726 e. The second kappa shape index (κ2) is 16.7. The number of hydrogen-bond donors (Lipinski definition) is 1. The number of benzene rings is 11. The van der Waals surface area contributed by atoms with Crippen molar-refractivity contribution in [2.45, 2.75) is 11.5 Å². The number of fused-ring (bicyclic) bond motifs is 18. The predicted octanol–water partition coefficient (Wildman–Crippen LogP) is 18.9. The summed E-state index contributed by atoms with van der Waals surface area (Å²) in [6, 6.07) is 90.2. The Kier molecular flexibility index (Phi) is 9.18. The summed E-state index contributed by atoms with van der Waals surface area (Å²) in [5.74, 6) is 0. The van der Waals surface area contributed by atoms with Gasteiger partial charge in [-0.1, -0.05) is 200 Å². The van der Waals surface area contributed by atoms with Gasteiger partial charge in [-0.2, -0.15) is 0 Å². The van der Waals surface area contributed by atoms with Crippen LogP contribution in [0.3, 0.4) is 0 Å². The number of allylic oxidation sites excluding steroid dienone is 2. The van der Waals surface area contributed by atoms with E-state index in [9.17, 15) is 0 Å². The van der Waals surface area contributed by atoms with Crippen LogP contribution in [0.25, 0.3) is 127 Å². The summed E-state index contributed by atoms with van der Waals surface area (Å²) in [5, 5.41) is 10.7. The smallest absolute Gasteiger partial charge is 0.0726 e. The first kappa shape index (κ1) is 44.4. The minimum absolute atomic E-state index is 0.0416. The molecule has 81 heavy (non-hydrogen) atoms. The lowest BCUT2D eigenvalue weighted by atomic mass is 9.68. The van der Waals surface area contributed by atoms with Gasteiger partial charge in [-0.15, -0.1) is 0 Å². The van der Waals surface area contributed by atoms with Crippen molar-refractivity contribution in [1.29, 1.82) is 0 Å². The molecule has 14 aromatic rings. The fourth-order valence-corrected chi connectivity index (χ4v) is 14.7. The van der Waals surface area contributed by atoms with Crippen LogP contribution < -0.4 is 5.32 Å². The lowest BCUT2D eigenvalue weighted by Crippen LogP contribution is -2.27. The minimum Gasteiger partial charge on any atom is -0.374 e. The standard InChI is InChI=1S/C77H46N4/c1-9-25-65-53(17-1)73(54-18-2-10-26-66(54)78-65)45-33-37-49-50-38-34-46(74-55-19-3-11-27-67(55)79-68-28-12-4-20-56(68)74)42-62(50)77(61(49)41-45)63-43-47(75-57-21-5-13-29-69(57)80-70-30-14-6-22-58(70)75)35-39-51(63)52-40-36-48(44-64(52)77)76-59-23-7-15-31-71(59)81-72-32-16-8-24-60(72)76/h1-44,65,78H. The Morgan fingerprint density at radius 1 is 0.309 bits per heavy atom. The lowest BCUT2D eigenvalue weighted by molar-refractivity contribution is 0.794. The molecule has 1 unspecified atom stereocenters. The van der Waals surface area contributed by atoms with Gasteiger partial charge in [0.15, 0.2) is 0 Å². The number of nitrogens with zero attached hydrogens (tertiary/aromatic N) is 3. The van der Waals surface area contributed by atoms with E-state index in [1.807, 2.05) is 0 Å². The molecule has 11 aromatic carbocycles. The number of aromatic nitrogens is 3. The van der Waals surface area contributed by atoms with Crippen molar-refractivity contribution in [3.05, 3.63) is 306 Å². The monoisotopic (exact) mass is 1030 g/mol. The largest absolute Gasteiger partial charge is 0.374 e. The highest BCUT2D eigenvalue weighted by Crippen LogP contribution is 2.65. The average molecular weight is 1030 g/mol. The van der Waals surface area contributed by atoms with E-state index in [0.29, 0.717) is 0 Å². The molecule has 4 nitrogen and oxygen atoms in total. The first-order chi connectivity index (χ1) is 40.2. The maximum absolute atomic E-state index is 5.23. The summed E-state index contributed by atoms with van der Waals surface area (Å²) >= 11 is 0. The van der Waals surface area contributed by atoms with Crippen molar-refractivity contribution >= 4 is 76.7 Å². The third kappa shape index (κ3) is 6.22. The Morgan fingerprint density at radius 2 is 0.642 bits per heavy atom. The van der Waals surface area contributed by atoms with Crippen molar-refractivity contribution in [3.63, 3.8) is 0 Å². The summed E-state index contributed by atoms with van der Waals surface area (Å²) < 4.78 is 0. The zero-order chi connectivity index (χ0) is 52.9. The molecule has 4 heteroatoms. The van der Waals surface area contributed by atoms with Crippen molar-refractivity contribution in [1.82, 2.24) is 15.0 Å². The summed E-state index contributed by atoms with van der Waals surface area (Å²) in [5.41, 5.74) is 28.2. The fourth-order valence-electron chi connectivity index (χ4n) is 14.7. The van der Waals surface area contributed by atoms with Gasteiger partial charge in [-0.25, -0.2) is 15.0 Å². The van der Waals surface area contributed by atoms with E-state index >= 15 is 0 Å². The highest BCUT2D eigenvalue weighted by Gasteiger charge is 2.53. The highest BCUT2D eigenvalue weighted by molar-refractivity contribution is 6.14. The van der Waals surface area contributed by atoms with Crippen LogP contribution in [0.15, 0.2) is 273 Å². The van der Waals surface area contributed by atoms with E-state index < -0.39 is 5.41 Å². The first-order valence-corrected chi connectivity index (χ1v) is 28.0. The van der Waals surface area contributed by atoms with Gasteiger partial charge < -0.3 is 5.32 Å². The molecule has 4 aliphatic rings. The Hall–Kier alpha value is -10.6. The third-order valence-corrected chi connectivity index (χ3v) is 18.0. The molecule has 1 spiro atoms.